The number of benzene rings is 1. The van der Waals surface area contributed by atoms with Crippen molar-refractivity contribution in [2.45, 2.75) is 6.54 Å². The first-order valence-electron chi connectivity index (χ1n) is 6.13. The highest BCUT2D eigenvalue weighted by atomic mass is 16.5. The van der Waals surface area contributed by atoms with Gasteiger partial charge in [-0.2, -0.15) is 5.10 Å². The van der Waals surface area contributed by atoms with Crippen molar-refractivity contribution in [2.75, 3.05) is 21.3 Å². The first-order valence-corrected chi connectivity index (χ1v) is 6.13. The van der Waals surface area contributed by atoms with Crippen LogP contribution in [0.3, 0.4) is 0 Å². The number of rotatable bonds is 6. The van der Waals surface area contributed by atoms with E-state index in [9.17, 15) is 4.79 Å². The third-order valence-electron chi connectivity index (χ3n) is 2.93. The van der Waals surface area contributed by atoms with E-state index in [1.165, 1.54) is 26.0 Å². The molecule has 0 radical (unpaired) electrons. The van der Waals surface area contributed by atoms with Gasteiger partial charge in [-0.25, -0.2) is 0 Å². The zero-order valence-electron chi connectivity index (χ0n) is 12.0. The number of carboxylic acids is 1. The molecule has 0 saturated heterocycles. The highest BCUT2D eigenvalue weighted by molar-refractivity contribution is 5.71. The van der Waals surface area contributed by atoms with Crippen LogP contribution in [0.5, 0.6) is 17.2 Å². The highest BCUT2D eigenvalue weighted by Gasteiger charge is 2.15. The molecule has 2 rings (SSSR count). The monoisotopic (exact) mass is 292 g/mol. The Bertz CT molecular complexity index is 626. The minimum atomic E-state index is -0.949. The normalized spacial score (nSPS) is 10.2. The van der Waals surface area contributed by atoms with Gasteiger partial charge in [-0.1, -0.05) is 0 Å². The minimum absolute atomic E-state index is 0.190. The van der Waals surface area contributed by atoms with Gasteiger partial charge in [0, 0.05) is 11.8 Å². The fourth-order valence-corrected chi connectivity index (χ4v) is 1.99. The summed E-state index contributed by atoms with van der Waals surface area (Å²) < 4.78 is 17.2. The Morgan fingerprint density at radius 2 is 1.76 bits per heavy atom. The van der Waals surface area contributed by atoms with Crippen LogP contribution in [0.1, 0.15) is 0 Å². The van der Waals surface area contributed by atoms with Gasteiger partial charge in [0.05, 0.1) is 27.5 Å². The zero-order chi connectivity index (χ0) is 15.4. The third-order valence-corrected chi connectivity index (χ3v) is 2.93. The van der Waals surface area contributed by atoms with Gasteiger partial charge >= 0.3 is 5.97 Å². The molecule has 7 heteroatoms. The molecular formula is C14H16N2O5. The minimum Gasteiger partial charge on any atom is -0.493 e. The summed E-state index contributed by atoms with van der Waals surface area (Å²) in [5.74, 6) is 0.604. The maximum absolute atomic E-state index is 10.7. The number of carboxylic acid groups (broad SMARTS) is 1. The number of methoxy groups -OCH3 is 3. The molecule has 1 aromatic heterocycles. The number of hydrogen-bond donors (Lipinski definition) is 1. The second kappa shape index (κ2) is 6.17. The Kier molecular flexibility index (Phi) is 4.32. The van der Waals surface area contributed by atoms with Crippen LogP contribution in [-0.2, 0) is 11.3 Å². The number of aromatic nitrogens is 2. The number of ether oxygens (including phenoxy) is 3. The summed E-state index contributed by atoms with van der Waals surface area (Å²) in [5, 5.41) is 12.8. The van der Waals surface area contributed by atoms with Crippen molar-refractivity contribution in [1.29, 1.82) is 0 Å². The van der Waals surface area contributed by atoms with E-state index in [-0.39, 0.29) is 6.54 Å². The van der Waals surface area contributed by atoms with E-state index in [1.54, 1.807) is 24.5 Å². The summed E-state index contributed by atoms with van der Waals surface area (Å²) in [4.78, 5) is 10.7. The van der Waals surface area contributed by atoms with Gasteiger partial charge in [0.15, 0.2) is 11.5 Å². The Labute approximate surface area is 121 Å². The standard InChI is InChI=1S/C14H16N2O5/c1-19-11-4-9(5-12(20-2)14(11)21-3)10-6-15-16(7-10)8-13(17)18/h4-7H,8H2,1-3H3,(H,17,18). The fourth-order valence-electron chi connectivity index (χ4n) is 1.99. The lowest BCUT2D eigenvalue weighted by molar-refractivity contribution is -0.137. The zero-order valence-corrected chi connectivity index (χ0v) is 12.0. The molecule has 21 heavy (non-hydrogen) atoms. The van der Waals surface area contributed by atoms with Crippen LogP contribution in [0.4, 0.5) is 0 Å². The molecule has 0 atom stereocenters. The van der Waals surface area contributed by atoms with Crippen molar-refractivity contribution in [2.24, 2.45) is 0 Å². The van der Waals surface area contributed by atoms with E-state index in [0.29, 0.717) is 17.2 Å². The summed E-state index contributed by atoms with van der Waals surface area (Å²) in [6.45, 7) is -0.190. The smallest absolute Gasteiger partial charge is 0.325 e. The van der Waals surface area contributed by atoms with Crippen LogP contribution >= 0.6 is 0 Å². The van der Waals surface area contributed by atoms with Crippen molar-refractivity contribution >= 4 is 5.97 Å². The van der Waals surface area contributed by atoms with E-state index < -0.39 is 5.97 Å². The molecule has 0 aliphatic rings. The van der Waals surface area contributed by atoms with Crippen LogP contribution in [-0.4, -0.2) is 42.2 Å². The summed E-state index contributed by atoms with van der Waals surface area (Å²) in [6, 6.07) is 3.56. The Morgan fingerprint density at radius 1 is 1.14 bits per heavy atom. The van der Waals surface area contributed by atoms with Crippen molar-refractivity contribution in [3.8, 4) is 28.4 Å². The van der Waals surface area contributed by atoms with Gasteiger partial charge in [0.25, 0.3) is 0 Å². The molecule has 0 fully saturated rings. The number of hydrogen-bond acceptors (Lipinski definition) is 5. The average molecular weight is 292 g/mol. The SMILES string of the molecule is COc1cc(-c2cnn(CC(=O)O)c2)cc(OC)c1OC. The summed E-state index contributed by atoms with van der Waals surface area (Å²) in [6.07, 6.45) is 3.23. The number of nitrogens with zero attached hydrogens (tertiary/aromatic N) is 2. The predicted octanol–water partition coefficient (Wildman–Crippen LogP) is 1.66. The van der Waals surface area contributed by atoms with E-state index >= 15 is 0 Å². The summed E-state index contributed by atoms with van der Waals surface area (Å²) in [7, 11) is 4.61. The van der Waals surface area contributed by atoms with Gasteiger partial charge in [0.2, 0.25) is 5.75 Å². The van der Waals surface area contributed by atoms with Crippen LogP contribution < -0.4 is 14.2 Å². The maximum atomic E-state index is 10.7. The van der Waals surface area contributed by atoms with Crippen LogP contribution in [0.15, 0.2) is 24.5 Å². The largest absolute Gasteiger partial charge is 0.493 e. The molecule has 0 amide bonds. The molecule has 1 aromatic carbocycles. The Balaban J connectivity index is 2.44. The van der Waals surface area contributed by atoms with Crippen molar-refractivity contribution < 1.29 is 24.1 Å². The van der Waals surface area contributed by atoms with Crippen molar-refractivity contribution in [3.63, 3.8) is 0 Å². The van der Waals surface area contributed by atoms with Crippen LogP contribution in [0, 0.1) is 0 Å². The molecule has 1 N–H and O–H groups in total. The van der Waals surface area contributed by atoms with Gasteiger partial charge in [-0.15, -0.1) is 0 Å². The lowest BCUT2D eigenvalue weighted by Gasteiger charge is -2.13. The van der Waals surface area contributed by atoms with E-state index in [2.05, 4.69) is 5.10 Å². The first kappa shape index (κ1) is 14.7. The summed E-state index contributed by atoms with van der Waals surface area (Å²) >= 11 is 0. The molecule has 0 spiro atoms. The molecule has 7 nitrogen and oxygen atoms in total. The van der Waals surface area contributed by atoms with Crippen LogP contribution in [0.25, 0.3) is 11.1 Å². The van der Waals surface area contributed by atoms with E-state index in [4.69, 9.17) is 19.3 Å². The quantitative estimate of drug-likeness (QED) is 0.872. The number of carbonyl (C=O) groups is 1. The Hall–Kier alpha value is -2.70. The van der Waals surface area contributed by atoms with E-state index in [0.717, 1.165) is 11.1 Å². The van der Waals surface area contributed by atoms with Gasteiger partial charge in [-0.05, 0) is 17.7 Å². The molecule has 0 bridgehead atoms. The fraction of sp³-hybridized carbons (Fsp3) is 0.286. The molecule has 0 unspecified atom stereocenters. The maximum Gasteiger partial charge on any atom is 0.325 e. The lowest BCUT2D eigenvalue weighted by atomic mass is 10.1. The molecule has 2 aromatic rings. The second-order valence-electron chi connectivity index (χ2n) is 4.23. The highest BCUT2D eigenvalue weighted by Crippen LogP contribution is 2.41. The van der Waals surface area contributed by atoms with Gasteiger partial charge in [-0.3, -0.25) is 9.48 Å². The van der Waals surface area contributed by atoms with E-state index in [1.807, 2.05) is 0 Å². The summed E-state index contributed by atoms with van der Waals surface area (Å²) in [5.41, 5.74) is 1.55. The van der Waals surface area contributed by atoms with Crippen molar-refractivity contribution in [1.82, 2.24) is 9.78 Å². The third kappa shape index (κ3) is 3.07. The molecule has 112 valence electrons. The predicted molar refractivity (Wildman–Crippen MR) is 75.0 cm³/mol. The van der Waals surface area contributed by atoms with Crippen LogP contribution in [0.2, 0.25) is 0 Å². The van der Waals surface area contributed by atoms with Gasteiger partial charge in [0.1, 0.15) is 6.54 Å². The van der Waals surface area contributed by atoms with Crippen molar-refractivity contribution in [3.05, 3.63) is 24.5 Å². The molecule has 1 heterocycles. The van der Waals surface area contributed by atoms with Gasteiger partial charge < -0.3 is 19.3 Å². The first-order chi connectivity index (χ1) is 10.1. The molecule has 0 aliphatic heterocycles. The lowest BCUT2D eigenvalue weighted by Crippen LogP contribution is -2.08. The average Bonchev–Trinajstić information content (AvgIpc) is 2.93. The Morgan fingerprint density at radius 3 is 2.24 bits per heavy atom. The topological polar surface area (TPSA) is 82.8 Å². The molecular weight excluding hydrogens is 276 g/mol. The molecule has 0 saturated carbocycles. The second-order valence-corrected chi connectivity index (χ2v) is 4.23. The molecule has 0 aliphatic carbocycles. The number of aliphatic carboxylic acids is 1.